The molecule has 4 rings (SSSR count). The van der Waals surface area contributed by atoms with Gasteiger partial charge in [0.2, 0.25) is 5.91 Å². The lowest BCUT2D eigenvalue weighted by Gasteiger charge is -2.33. The third-order valence-corrected chi connectivity index (χ3v) is 5.76. The average Bonchev–Trinajstić information content (AvgIpc) is 3.44. The zero-order valence-electron chi connectivity index (χ0n) is 16.7. The van der Waals surface area contributed by atoms with E-state index in [0.29, 0.717) is 36.5 Å². The van der Waals surface area contributed by atoms with Gasteiger partial charge in [0.25, 0.3) is 5.91 Å². The summed E-state index contributed by atoms with van der Waals surface area (Å²) in [6.07, 6.45) is 5.20. The number of carbonyl (C=O) groups excluding carboxylic acids is 2. The number of amides is 2. The van der Waals surface area contributed by atoms with Gasteiger partial charge in [0.1, 0.15) is 5.82 Å². The second-order valence-corrected chi connectivity index (χ2v) is 7.79. The molecule has 7 nitrogen and oxygen atoms in total. The molecular weight excluding hydrogens is 409 g/mol. The van der Waals surface area contributed by atoms with Crippen molar-refractivity contribution in [1.29, 1.82) is 0 Å². The van der Waals surface area contributed by atoms with E-state index in [-0.39, 0.29) is 36.2 Å². The first-order chi connectivity index (χ1) is 14.1. The Kier molecular flexibility index (Phi) is 7.44. The number of carbonyl (C=O) groups is 2. The Hall–Kier alpha value is -2.45. The zero-order chi connectivity index (χ0) is 20.2. The molecule has 30 heavy (non-hydrogen) atoms. The summed E-state index contributed by atoms with van der Waals surface area (Å²) in [6, 6.07) is 6.24. The fourth-order valence-electron chi connectivity index (χ4n) is 4.18. The molecule has 2 unspecified atom stereocenters. The molecule has 2 atom stereocenters. The van der Waals surface area contributed by atoms with E-state index >= 15 is 0 Å². The number of hydrogen-bond donors (Lipinski definition) is 3. The number of nitrogens with zero attached hydrogens (tertiary/aromatic N) is 2. The number of H-pyrrole nitrogens is 1. The first-order valence-electron chi connectivity index (χ1n) is 10.2. The molecule has 2 aliphatic rings. The van der Waals surface area contributed by atoms with Crippen molar-refractivity contribution < 1.29 is 14.0 Å². The van der Waals surface area contributed by atoms with Gasteiger partial charge in [0, 0.05) is 25.2 Å². The largest absolute Gasteiger partial charge is 0.354 e. The van der Waals surface area contributed by atoms with Gasteiger partial charge in [0.05, 0.1) is 23.5 Å². The van der Waals surface area contributed by atoms with E-state index in [2.05, 4.69) is 20.8 Å². The molecule has 0 saturated carbocycles. The molecule has 162 valence electrons. The van der Waals surface area contributed by atoms with Gasteiger partial charge in [-0.05, 0) is 50.3 Å². The van der Waals surface area contributed by atoms with E-state index in [9.17, 15) is 14.0 Å². The minimum absolute atomic E-state index is 0. The molecule has 2 amide bonds. The minimum atomic E-state index is -0.398. The van der Waals surface area contributed by atoms with Crippen LogP contribution in [0.3, 0.4) is 0 Å². The first-order valence-corrected chi connectivity index (χ1v) is 10.2. The van der Waals surface area contributed by atoms with Gasteiger partial charge in [0.15, 0.2) is 0 Å². The molecule has 2 aromatic rings. The van der Waals surface area contributed by atoms with Gasteiger partial charge in [-0.1, -0.05) is 12.1 Å². The second-order valence-electron chi connectivity index (χ2n) is 7.79. The average molecular weight is 436 g/mol. The van der Waals surface area contributed by atoms with Crippen LogP contribution in [-0.4, -0.2) is 59.1 Å². The number of halogens is 2. The molecule has 2 fully saturated rings. The van der Waals surface area contributed by atoms with E-state index in [1.54, 1.807) is 23.1 Å². The maximum absolute atomic E-state index is 14.2. The van der Waals surface area contributed by atoms with Crippen molar-refractivity contribution >= 4 is 24.2 Å². The van der Waals surface area contributed by atoms with E-state index in [1.807, 2.05) is 0 Å². The van der Waals surface area contributed by atoms with E-state index in [4.69, 9.17) is 0 Å². The van der Waals surface area contributed by atoms with Gasteiger partial charge >= 0.3 is 0 Å². The Balaban J connectivity index is 0.00000256. The molecule has 0 bridgehead atoms. The number of aromatic amines is 1. The van der Waals surface area contributed by atoms with Gasteiger partial charge in [-0.25, -0.2) is 4.39 Å². The number of hydrogen-bond acceptors (Lipinski definition) is 4. The van der Waals surface area contributed by atoms with Crippen LogP contribution in [0.5, 0.6) is 0 Å². The van der Waals surface area contributed by atoms with Crippen LogP contribution in [-0.2, 0) is 4.79 Å². The van der Waals surface area contributed by atoms with Gasteiger partial charge in [-0.3, -0.25) is 14.7 Å². The highest BCUT2D eigenvalue weighted by atomic mass is 35.5. The Bertz CT molecular complexity index is 884. The topological polar surface area (TPSA) is 90.1 Å². The van der Waals surface area contributed by atoms with Gasteiger partial charge in [-0.2, -0.15) is 5.10 Å². The molecule has 0 aliphatic carbocycles. The predicted octanol–water partition coefficient (Wildman–Crippen LogP) is 2.36. The van der Waals surface area contributed by atoms with Crippen LogP contribution in [0.25, 0.3) is 11.3 Å². The summed E-state index contributed by atoms with van der Waals surface area (Å²) in [5, 5.41) is 13.0. The zero-order valence-corrected chi connectivity index (χ0v) is 17.5. The predicted molar refractivity (Wildman–Crippen MR) is 114 cm³/mol. The van der Waals surface area contributed by atoms with Crippen LogP contribution in [0.4, 0.5) is 4.39 Å². The lowest BCUT2D eigenvalue weighted by molar-refractivity contribution is -0.123. The summed E-state index contributed by atoms with van der Waals surface area (Å²) in [5.41, 5.74) is 1.10. The third kappa shape index (κ3) is 4.82. The normalized spacial score (nSPS) is 21.2. The maximum atomic E-state index is 14.2. The van der Waals surface area contributed by atoms with Crippen LogP contribution in [0.15, 0.2) is 30.5 Å². The van der Waals surface area contributed by atoms with Crippen LogP contribution in [0, 0.1) is 11.7 Å². The number of piperidine rings is 1. The second kappa shape index (κ2) is 10.0. The molecule has 2 saturated heterocycles. The van der Waals surface area contributed by atoms with Crippen molar-refractivity contribution in [2.24, 2.45) is 5.92 Å². The van der Waals surface area contributed by atoms with Crippen LogP contribution in [0.1, 0.15) is 36.0 Å². The molecule has 9 heteroatoms. The highest BCUT2D eigenvalue weighted by Crippen LogP contribution is 2.26. The Morgan fingerprint density at radius 2 is 2.07 bits per heavy atom. The summed E-state index contributed by atoms with van der Waals surface area (Å²) < 4.78 is 14.2. The smallest absolute Gasteiger partial charge is 0.257 e. The Morgan fingerprint density at radius 1 is 1.23 bits per heavy atom. The fraction of sp³-hybridized carbons (Fsp3) is 0.476. The third-order valence-electron chi connectivity index (χ3n) is 5.76. The number of nitrogens with one attached hydrogen (secondary N) is 3. The molecule has 3 heterocycles. The summed E-state index contributed by atoms with van der Waals surface area (Å²) in [6.45, 7) is 2.67. The number of rotatable bonds is 5. The molecule has 3 N–H and O–H groups in total. The van der Waals surface area contributed by atoms with Crippen molar-refractivity contribution in [1.82, 2.24) is 25.7 Å². The molecular formula is C21H27ClFN5O2. The standard InChI is InChI=1S/C21H26FN5O2.ClH/c22-17-7-2-1-6-15(17)19-16(12-25-26-19)21(29)27-10-4-5-14(13-27)11-24-20(28)18-8-3-9-23-18;/h1-2,6-7,12,14,18,23H,3-5,8-11,13H2,(H,24,28)(H,25,26);1H. The van der Waals surface area contributed by atoms with Crippen molar-refractivity contribution in [3.8, 4) is 11.3 Å². The van der Waals surface area contributed by atoms with Crippen molar-refractivity contribution in [3.05, 3.63) is 41.8 Å². The van der Waals surface area contributed by atoms with Crippen molar-refractivity contribution in [2.75, 3.05) is 26.2 Å². The SMILES string of the molecule is Cl.O=C(NCC1CCCN(C(=O)c2cn[nH]c2-c2ccccc2F)C1)C1CCCN1. The molecule has 1 aromatic carbocycles. The minimum Gasteiger partial charge on any atom is -0.354 e. The summed E-state index contributed by atoms with van der Waals surface area (Å²) in [5.74, 6) is -0.305. The first kappa shape index (κ1) is 22.2. The van der Waals surface area contributed by atoms with E-state index in [0.717, 1.165) is 32.2 Å². The van der Waals surface area contributed by atoms with E-state index in [1.165, 1.54) is 12.3 Å². The van der Waals surface area contributed by atoms with Crippen molar-refractivity contribution in [2.45, 2.75) is 31.7 Å². The van der Waals surface area contributed by atoms with Gasteiger partial charge in [-0.15, -0.1) is 12.4 Å². The Labute approximate surface area is 181 Å². The lowest BCUT2D eigenvalue weighted by atomic mass is 9.96. The highest BCUT2D eigenvalue weighted by Gasteiger charge is 2.29. The number of likely N-dealkylation sites (tertiary alicyclic amines) is 1. The summed E-state index contributed by atoms with van der Waals surface area (Å²) >= 11 is 0. The van der Waals surface area contributed by atoms with Crippen LogP contribution < -0.4 is 10.6 Å². The molecule has 1 aromatic heterocycles. The van der Waals surface area contributed by atoms with Crippen LogP contribution in [0.2, 0.25) is 0 Å². The van der Waals surface area contributed by atoms with Crippen LogP contribution >= 0.6 is 12.4 Å². The quantitative estimate of drug-likeness (QED) is 0.672. The lowest BCUT2D eigenvalue weighted by Crippen LogP contribution is -2.46. The maximum Gasteiger partial charge on any atom is 0.257 e. The number of benzene rings is 1. The Morgan fingerprint density at radius 3 is 2.83 bits per heavy atom. The number of aromatic nitrogens is 2. The summed E-state index contributed by atoms with van der Waals surface area (Å²) in [4.78, 5) is 27.1. The molecule has 2 aliphatic heterocycles. The van der Waals surface area contributed by atoms with E-state index < -0.39 is 5.82 Å². The monoisotopic (exact) mass is 435 g/mol. The summed E-state index contributed by atoms with van der Waals surface area (Å²) in [7, 11) is 0. The fourth-order valence-corrected chi connectivity index (χ4v) is 4.18. The molecule has 0 spiro atoms. The van der Waals surface area contributed by atoms with Gasteiger partial charge < -0.3 is 15.5 Å². The highest BCUT2D eigenvalue weighted by molar-refractivity contribution is 5.99. The van der Waals surface area contributed by atoms with Crippen molar-refractivity contribution in [3.63, 3.8) is 0 Å². The molecule has 0 radical (unpaired) electrons.